The Morgan fingerprint density at radius 3 is 2.26 bits per heavy atom. The van der Waals surface area contributed by atoms with E-state index in [1.54, 1.807) is 0 Å². The van der Waals surface area contributed by atoms with E-state index in [0.717, 1.165) is 44.9 Å². The van der Waals surface area contributed by atoms with Crippen LogP contribution in [-0.4, -0.2) is 22.6 Å². The Kier molecular flexibility index (Phi) is 5.04. The molecule has 34 heavy (non-hydrogen) atoms. The van der Waals surface area contributed by atoms with Crippen LogP contribution in [0.25, 0.3) is 0 Å². The molecular formula is C30H44O4. The van der Waals surface area contributed by atoms with Crippen LogP contribution >= 0.6 is 0 Å². The molecule has 0 bridgehead atoms. The summed E-state index contributed by atoms with van der Waals surface area (Å²) in [5.41, 5.74) is -0.0685. The molecule has 188 valence electrons. The number of ketones is 2. The number of carbonyl (C=O) groups excluding carboxylic acids is 2. The highest BCUT2D eigenvalue weighted by Crippen LogP contribution is 2.75. The Hall–Kier alpha value is -1.45. The Labute approximate surface area is 205 Å². The lowest BCUT2D eigenvalue weighted by molar-refractivity contribution is -0.192. The van der Waals surface area contributed by atoms with Gasteiger partial charge in [-0.05, 0) is 90.8 Å². The number of hydrogen-bond acceptors (Lipinski definition) is 3. The van der Waals surface area contributed by atoms with E-state index in [2.05, 4.69) is 40.7 Å². The molecular weight excluding hydrogens is 424 g/mol. The highest BCUT2D eigenvalue weighted by molar-refractivity contribution is 6.39. The van der Waals surface area contributed by atoms with Crippen LogP contribution in [0.1, 0.15) is 99.8 Å². The molecule has 0 saturated heterocycles. The first kappa shape index (κ1) is 24.3. The zero-order chi connectivity index (χ0) is 25.1. The monoisotopic (exact) mass is 468 g/mol. The van der Waals surface area contributed by atoms with Gasteiger partial charge in [0.1, 0.15) is 0 Å². The van der Waals surface area contributed by atoms with Gasteiger partial charge in [-0.15, -0.1) is 0 Å². The Balaban J connectivity index is 1.64. The molecule has 5 aliphatic rings. The summed E-state index contributed by atoms with van der Waals surface area (Å²) in [7, 11) is 0. The summed E-state index contributed by atoms with van der Waals surface area (Å²) < 4.78 is 0. The fourth-order valence-corrected chi connectivity index (χ4v) is 10.6. The predicted molar refractivity (Wildman–Crippen MR) is 132 cm³/mol. The number of allylic oxidation sites excluding steroid dienone is 2. The van der Waals surface area contributed by atoms with E-state index in [4.69, 9.17) is 0 Å². The number of carboxylic acid groups (broad SMARTS) is 1. The lowest BCUT2D eigenvalue weighted by Gasteiger charge is -2.70. The van der Waals surface area contributed by atoms with Crippen molar-refractivity contribution in [1.82, 2.24) is 0 Å². The van der Waals surface area contributed by atoms with Gasteiger partial charge in [0.05, 0.1) is 5.41 Å². The molecule has 0 aromatic heterocycles. The smallest absolute Gasteiger partial charge is 0.310 e. The minimum atomic E-state index is -0.628. The average Bonchev–Trinajstić information content (AvgIpc) is 2.75. The summed E-state index contributed by atoms with van der Waals surface area (Å²) in [5, 5.41) is 10.5. The molecule has 5 rings (SSSR count). The maximum atomic E-state index is 13.0. The fraction of sp³-hybridized carbons (Fsp3) is 0.833. The summed E-state index contributed by atoms with van der Waals surface area (Å²) in [5.74, 6) is 0.580. The summed E-state index contributed by atoms with van der Waals surface area (Å²) in [4.78, 5) is 38.6. The van der Waals surface area contributed by atoms with E-state index < -0.39 is 16.8 Å². The van der Waals surface area contributed by atoms with Crippen LogP contribution in [-0.2, 0) is 14.4 Å². The van der Waals surface area contributed by atoms with Gasteiger partial charge in [-0.1, -0.05) is 60.1 Å². The van der Waals surface area contributed by atoms with Gasteiger partial charge >= 0.3 is 5.97 Å². The number of carboxylic acids is 1. The van der Waals surface area contributed by atoms with Crippen LogP contribution in [0.3, 0.4) is 0 Å². The third-order valence-corrected chi connectivity index (χ3v) is 12.9. The van der Waals surface area contributed by atoms with Gasteiger partial charge in [-0.2, -0.15) is 0 Å². The third kappa shape index (κ3) is 2.64. The van der Waals surface area contributed by atoms with E-state index in [1.807, 2.05) is 13.8 Å². The SMILES string of the molecule is C[C@@H]1CC[C@]2(C(=O)O)CC[C@]3(C)C(=CCC4[C@@]5(C)CC(=O)C(=O)C(C)(C)C5CC[C@]43C)C2[C@H]1C. The molecule has 0 spiro atoms. The van der Waals surface area contributed by atoms with E-state index in [1.165, 1.54) is 5.57 Å². The van der Waals surface area contributed by atoms with Crippen LogP contribution in [0.5, 0.6) is 0 Å². The van der Waals surface area contributed by atoms with Crippen molar-refractivity contribution in [3.8, 4) is 0 Å². The molecule has 0 heterocycles. The quantitative estimate of drug-likeness (QED) is 0.353. The zero-order valence-corrected chi connectivity index (χ0v) is 22.3. The maximum absolute atomic E-state index is 13.0. The zero-order valence-electron chi connectivity index (χ0n) is 22.3. The lowest BCUT2D eigenvalue weighted by atomic mass is 9.33. The number of hydrogen-bond donors (Lipinski definition) is 1. The molecule has 4 nitrogen and oxygen atoms in total. The molecule has 0 aliphatic heterocycles. The fourth-order valence-electron chi connectivity index (χ4n) is 10.6. The largest absolute Gasteiger partial charge is 0.481 e. The molecule has 0 aromatic carbocycles. The number of aliphatic carboxylic acids is 1. The normalized spacial score (nSPS) is 52.0. The third-order valence-electron chi connectivity index (χ3n) is 12.9. The van der Waals surface area contributed by atoms with Gasteiger partial charge in [0.25, 0.3) is 0 Å². The topological polar surface area (TPSA) is 71.4 Å². The molecule has 5 aliphatic carbocycles. The maximum Gasteiger partial charge on any atom is 0.310 e. The van der Waals surface area contributed by atoms with Crippen LogP contribution in [0.15, 0.2) is 11.6 Å². The summed E-state index contributed by atoms with van der Waals surface area (Å²) in [6, 6.07) is 0. The second kappa shape index (κ2) is 7.07. The van der Waals surface area contributed by atoms with Crippen LogP contribution in [0, 0.1) is 56.7 Å². The van der Waals surface area contributed by atoms with E-state index in [-0.39, 0.29) is 39.6 Å². The Bertz CT molecular complexity index is 992. The molecule has 1 N–H and O–H groups in total. The van der Waals surface area contributed by atoms with E-state index >= 15 is 0 Å². The van der Waals surface area contributed by atoms with E-state index in [0.29, 0.717) is 24.2 Å². The number of fused-ring (bicyclic) bond motifs is 7. The second-order valence-corrected chi connectivity index (χ2v) is 14.3. The molecule has 9 atom stereocenters. The minimum Gasteiger partial charge on any atom is -0.481 e. The first-order valence-corrected chi connectivity index (χ1v) is 13.7. The van der Waals surface area contributed by atoms with Crippen molar-refractivity contribution >= 4 is 17.5 Å². The van der Waals surface area contributed by atoms with Gasteiger partial charge in [0.15, 0.2) is 5.78 Å². The second-order valence-electron chi connectivity index (χ2n) is 14.3. The minimum absolute atomic E-state index is 0.00412. The molecule has 3 unspecified atom stereocenters. The molecule has 0 amide bonds. The predicted octanol–water partition coefficient (Wildman–Crippen LogP) is 6.48. The van der Waals surface area contributed by atoms with Gasteiger partial charge in [-0.3, -0.25) is 14.4 Å². The molecule has 0 aromatic rings. The van der Waals surface area contributed by atoms with Crippen molar-refractivity contribution in [1.29, 1.82) is 0 Å². The summed E-state index contributed by atoms with van der Waals surface area (Å²) >= 11 is 0. The highest BCUT2D eigenvalue weighted by Gasteiger charge is 2.70. The summed E-state index contributed by atoms with van der Waals surface area (Å²) in [6.45, 7) is 15.8. The van der Waals surface area contributed by atoms with Crippen molar-refractivity contribution in [2.75, 3.05) is 0 Å². The van der Waals surface area contributed by atoms with Crippen LogP contribution in [0.4, 0.5) is 0 Å². The van der Waals surface area contributed by atoms with Crippen molar-refractivity contribution in [2.24, 2.45) is 56.7 Å². The molecule has 4 saturated carbocycles. The van der Waals surface area contributed by atoms with E-state index in [9.17, 15) is 19.5 Å². The van der Waals surface area contributed by atoms with Gasteiger partial charge < -0.3 is 5.11 Å². The molecule has 4 fully saturated rings. The molecule has 0 radical (unpaired) electrons. The lowest BCUT2D eigenvalue weighted by Crippen LogP contribution is -2.66. The van der Waals surface area contributed by atoms with Crippen molar-refractivity contribution in [2.45, 2.75) is 99.8 Å². The first-order chi connectivity index (χ1) is 15.7. The van der Waals surface area contributed by atoms with Gasteiger partial charge in [0, 0.05) is 11.8 Å². The van der Waals surface area contributed by atoms with Gasteiger partial charge in [-0.25, -0.2) is 0 Å². The van der Waals surface area contributed by atoms with Crippen molar-refractivity contribution in [3.05, 3.63) is 11.6 Å². The highest BCUT2D eigenvalue weighted by atomic mass is 16.4. The van der Waals surface area contributed by atoms with Gasteiger partial charge in [0.2, 0.25) is 5.78 Å². The van der Waals surface area contributed by atoms with Crippen LogP contribution < -0.4 is 0 Å². The Morgan fingerprint density at radius 2 is 1.62 bits per heavy atom. The number of carbonyl (C=O) groups is 3. The van der Waals surface area contributed by atoms with Crippen molar-refractivity contribution in [3.63, 3.8) is 0 Å². The standard InChI is InChI=1S/C30H44O4/c1-17-10-13-30(25(33)34)15-14-28(6)19(23(30)18(17)2)8-9-22-27(5)16-20(31)24(32)26(3,4)21(27)11-12-29(22,28)7/h8,17-18,21-23H,9-16H2,1-7H3,(H,33,34)/t17-,18+,21?,22?,23?,27+,28-,29-,30+/m1/s1. The van der Waals surface area contributed by atoms with Crippen LogP contribution in [0.2, 0.25) is 0 Å². The first-order valence-electron chi connectivity index (χ1n) is 13.7. The average molecular weight is 469 g/mol. The summed E-state index contributed by atoms with van der Waals surface area (Å²) in [6.07, 6.45) is 9.18. The Morgan fingerprint density at radius 1 is 0.941 bits per heavy atom. The number of Topliss-reactive ketones (excluding diaryl/α,β-unsaturated/α-hetero) is 2. The van der Waals surface area contributed by atoms with Crippen molar-refractivity contribution < 1.29 is 19.5 Å². The molecule has 4 heteroatoms. The number of rotatable bonds is 1.